The Balaban J connectivity index is 1.93. The molecule has 0 saturated carbocycles. The first kappa shape index (κ1) is 30.2. The summed E-state index contributed by atoms with van der Waals surface area (Å²) in [5.74, 6) is -1.67. The van der Waals surface area contributed by atoms with Crippen LogP contribution in [0.4, 0.5) is 0 Å². The number of thiazole rings is 1. The summed E-state index contributed by atoms with van der Waals surface area (Å²) >= 11 is 1.54. The van der Waals surface area contributed by atoms with Crippen molar-refractivity contribution in [3.8, 4) is 0 Å². The van der Waals surface area contributed by atoms with Gasteiger partial charge >= 0.3 is 5.97 Å². The first-order chi connectivity index (χ1) is 18.0. The molecule has 1 aliphatic rings. The Morgan fingerprint density at radius 2 is 2.03 bits per heavy atom. The second-order valence-corrected chi connectivity index (χ2v) is 12.2. The molecule has 8 heteroatoms. The van der Waals surface area contributed by atoms with Gasteiger partial charge in [-0.1, -0.05) is 44.6 Å². The third-order valence-corrected chi connectivity index (χ3v) is 8.83. The van der Waals surface area contributed by atoms with Crippen LogP contribution in [0.25, 0.3) is 10.2 Å². The predicted octanol–water partition coefficient (Wildman–Crippen LogP) is 5.40. The van der Waals surface area contributed by atoms with Gasteiger partial charge in [-0.25, -0.2) is 4.98 Å². The summed E-state index contributed by atoms with van der Waals surface area (Å²) in [7, 11) is 0. The van der Waals surface area contributed by atoms with Gasteiger partial charge in [-0.3, -0.25) is 9.59 Å². The van der Waals surface area contributed by atoms with Crippen LogP contribution in [0.1, 0.15) is 82.9 Å². The smallest absolute Gasteiger partial charge is 0.309 e. The zero-order valence-electron chi connectivity index (χ0n) is 23.0. The molecule has 0 aliphatic carbocycles. The molecule has 1 aromatic carbocycles. The number of carbonyl (C=O) groups excluding carboxylic acids is 2. The third-order valence-electron chi connectivity index (χ3n) is 7.77. The number of ketones is 1. The molecule has 2 heterocycles. The minimum Gasteiger partial charge on any atom is -0.457 e. The highest BCUT2D eigenvalue weighted by molar-refractivity contribution is 7.18. The number of aliphatic hydroxyl groups excluding tert-OH is 2. The summed E-state index contributed by atoms with van der Waals surface area (Å²) in [5, 5.41) is 22.9. The van der Waals surface area contributed by atoms with Crippen molar-refractivity contribution in [2.24, 2.45) is 23.0 Å². The minimum atomic E-state index is -1.27. The molecule has 208 valence electrons. The second-order valence-electron chi connectivity index (χ2n) is 11.1. The van der Waals surface area contributed by atoms with Crippen LogP contribution in [0, 0.1) is 17.3 Å². The van der Waals surface area contributed by atoms with E-state index in [0.717, 1.165) is 40.1 Å². The Hall–Kier alpha value is -2.39. The molecule has 3 rings (SSSR count). The van der Waals surface area contributed by atoms with Gasteiger partial charge in [0.1, 0.15) is 16.9 Å². The lowest BCUT2D eigenvalue weighted by Crippen LogP contribution is -2.46. The highest BCUT2D eigenvalue weighted by Crippen LogP contribution is 2.35. The molecular weight excluding hydrogens is 500 g/mol. The lowest BCUT2D eigenvalue weighted by atomic mass is 9.71. The van der Waals surface area contributed by atoms with E-state index in [9.17, 15) is 19.8 Å². The van der Waals surface area contributed by atoms with E-state index in [2.05, 4.69) is 24.6 Å². The van der Waals surface area contributed by atoms with Gasteiger partial charge in [0.25, 0.3) is 0 Å². The number of hydrogen-bond acceptors (Lipinski definition) is 8. The maximum absolute atomic E-state index is 13.6. The first-order valence-corrected chi connectivity index (χ1v) is 14.2. The van der Waals surface area contributed by atoms with E-state index in [4.69, 9.17) is 10.5 Å². The van der Waals surface area contributed by atoms with Crippen molar-refractivity contribution in [1.29, 1.82) is 0 Å². The minimum absolute atomic E-state index is 0.0986. The summed E-state index contributed by atoms with van der Waals surface area (Å²) in [6, 6.07) is 5.83. The van der Waals surface area contributed by atoms with Crippen molar-refractivity contribution in [1.82, 2.24) is 4.98 Å². The van der Waals surface area contributed by atoms with Crippen LogP contribution in [0.5, 0.6) is 0 Å². The maximum Gasteiger partial charge on any atom is 0.309 e. The molecule has 0 fully saturated rings. The van der Waals surface area contributed by atoms with Gasteiger partial charge in [0.2, 0.25) is 0 Å². The van der Waals surface area contributed by atoms with Crippen LogP contribution in [0.15, 0.2) is 42.5 Å². The normalized spacial score (nSPS) is 28.1. The number of ether oxygens (including phenoxy) is 1. The van der Waals surface area contributed by atoms with Crippen LogP contribution in [-0.2, 0) is 20.9 Å². The highest BCUT2D eigenvalue weighted by Gasteiger charge is 2.43. The lowest BCUT2D eigenvalue weighted by molar-refractivity contribution is -0.156. The summed E-state index contributed by atoms with van der Waals surface area (Å²) in [6.07, 6.45) is 3.94. The molecule has 38 heavy (non-hydrogen) atoms. The Kier molecular flexibility index (Phi) is 10.4. The molecule has 5 atom stereocenters. The zero-order valence-corrected chi connectivity index (χ0v) is 23.8. The van der Waals surface area contributed by atoms with Crippen LogP contribution >= 0.6 is 11.3 Å². The highest BCUT2D eigenvalue weighted by atomic mass is 32.1. The van der Waals surface area contributed by atoms with E-state index in [1.807, 2.05) is 25.1 Å². The molecule has 4 N–H and O–H groups in total. The SMILES string of the molecule is C=CC[C@H]1C(=O)C(C)(C)[C@@H](O)CC(=O)O[C@H](c2ccc3sc(CN)nc3c2)CC=C(C)CCC[C@H](C)[C@@H]1O. The van der Waals surface area contributed by atoms with E-state index < -0.39 is 35.6 Å². The number of nitrogens with zero attached hydrogens (tertiary/aromatic N) is 1. The van der Waals surface area contributed by atoms with Crippen molar-refractivity contribution >= 4 is 33.3 Å². The fourth-order valence-electron chi connectivity index (χ4n) is 5.06. The number of esters is 1. The molecular formula is C30H42N2O5S. The van der Waals surface area contributed by atoms with Gasteiger partial charge in [0.15, 0.2) is 0 Å². The Morgan fingerprint density at radius 3 is 2.71 bits per heavy atom. The number of aromatic nitrogens is 1. The number of nitrogens with two attached hydrogens (primary N) is 1. The van der Waals surface area contributed by atoms with Gasteiger partial charge in [0.05, 0.1) is 34.3 Å². The number of allylic oxidation sites excluding steroid dienone is 2. The van der Waals surface area contributed by atoms with Gasteiger partial charge in [-0.05, 0) is 56.2 Å². The molecule has 0 radical (unpaired) electrons. The van der Waals surface area contributed by atoms with Gasteiger partial charge in [-0.15, -0.1) is 17.9 Å². The summed E-state index contributed by atoms with van der Waals surface area (Å²) in [6.45, 7) is 11.4. The molecule has 1 aliphatic heterocycles. The topological polar surface area (TPSA) is 123 Å². The molecule has 7 nitrogen and oxygen atoms in total. The summed E-state index contributed by atoms with van der Waals surface area (Å²) in [5.41, 5.74) is 7.30. The molecule has 0 saturated heterocycles. The van der Waals surface area contributed by atoms with Gasteiger partial charge < -0.3 is 20.7 Å². The fourth-order valence-corrected chi connectivity index (χ4v) is 5.88. The molecule has 2 aromatic rings. The van der Waals surface area contributed by atoms with E-state index >= 15 is 0 Å². The van der Waals surface area contributed by atoms with Gasteiger partial charge in [0, 0.05) is 18.9 Å². The third kappa shape index (κ3) is 7.17. The van der Waals surface area contributed by atoms with E-state index in [1.165, 1.54) is 16.9 Å². The molecule has 1 aromatic heterocycles. The van der Waals surface area contributed by atoms with Crippen molar-refractivity contribution in [3.63, 3.8) is 0 Å². The van der Waals surface area contributed by atoms with E-state index in [1.54, 1.807) is 19.9 Å². The number of aliphatic hydroxyl groups is 2. The molecule has 0 unspecified atom stereocenters. The van der Waals surface area contributed by atoms with E-state index in [-0.39, 0.29) is 18.1 Å². The number of benzene rings is 1. The Morgan fingerprint density at radius 1 is 1.29 bits per heavy atom. The number of hydrogen-bond donors (Lipinski definition) is 3. The molecule has 0 amide bonds. The standard InChI is InChI=1S/C30H42N2O5S/c1-6-8-21-28(35)19(3)10-7-9-18(2)11-13-23(37-27(34)16-25(33)30(4,5)29(21)36)20-12-14-24-22(15-20)32-26(17-31)38-24/h6,11-12,14-15,19,21,23,25,28,33,35H,1,7-10,13,16-17,31H2,2-5H3/t19-,21+,23-,25-,28-/m0/s1. The van der Waals surface area contributed by atoms with Crippen molar-refractivity contribution in [2.45, 2.75) is 91.1 Å². The van der Waals surface area contributed by atoms with Crippen LogP contribution < -0.4 is 5.73 Å². The van der Waals surface area contributed by atoms with Crippen molar-refractivity contribution < 1.29 is 24.5 Å². The Bertz CT molecular complexity index is 1170. The summed E-state index contributed by atoms with van der Waals surface area (Å²) < 4.78 is 6.93. The van der Waals surface area contributed by atoms with Crippen LogP contribution in [0.3, 0.4) is 0 Å². The fraction of sp³-hybridized carbons (Fsp3) is 0.567. The number of fused-ring (bicyclic) bond motifs is 1. The molecule has 0 bridgehead atoms. The summed E-state index contributed by atoms with van der Waals surface area (Å²) in [4.78, 5) is 31.2. The van der Waals surface area contributed by atoms with Crippen molar-refractivity contribution in [3.05, 3.63) is 53.1 Å². The van der Waals surface area contributed by atoms with Crippen LogP contribution in [-0.4, -0.2) is 39.2 Å². The molecule has 0 spiro atoms. The average Bonchev–Trinajstić information content (AvgIpc) is 3.30. The zero-order chi connectivity index (χ0) is 28.0. The second kappa shape index (κ2) is 13.1. The maximum atomic E-state index is 13.6. The monoisotopic (exact) mass is 542 g/mol. The largest absolute Gasteiger partial charge is 0.457 e. The number of carbonyl (C=O) groups is 2. The predicted molar refractivity (Wildman–Crippen MR) is 151 cm³/mol. The van der Waals surface area contributed by atoms with Gasteiger partial charge in [-0.2, -0.15) is 0 Å². The van der Waals surface area contributed by atoms with Crippen LogP contribution in [0.2, 0.25) is 0 Å². The lowest BCUT2D eigenvalue weighted by Gasteiger charge is -2.35. The number of cyclic esters (lactones) is 1. The first-order valence-electron chi connectivity index (χ1n) is 13.4. The Labute approximate surface area is 229 Å². The van der Waals surface area contributed by atoms with E-state index in [0.29, 0.717) is 19.4 Å². The number of rotatable bonds is 4. The van der Waals surface area contributed by atoms with Crippen molar-refractivity contribution in [2.75, 3.05) is 0 Å². The number of Topliss-reactive ketones (excluding diaryl/α,β-unsaturated/α-hetero) is 1. The quantitative estimate of drug-likeness (QED) is 0.349. The average molecular weight is 543 g/mol.